The lowest BCUT2D eigenvalue weighted by Crippen LogP contribution is -2.35. The molecule has 134 valence electrons. The highest BCUT2D eigenvalue weighted by Gasteiger charge is 2.21. The molecule has 6 heteroatoms. The number of rotatable bonds is 7. The Labute approximate surface area is 152 Å². The second-order valence-corrected chi connectivity index (χ2v) is 6.85. The molecule has 1 saturated heterocycles. The minimum Gasteiger partial charge on any atom is -0.491 e. The van der Waals surface area contributed by atoms with Crippen LogP contribution in [0.2, 0.25) is 0 Å². The minimum atomic E-state index is -0.0679. The molecule has 0 saturated carbocycles. The number of nitrogens with one attached hydrogen (secondary N) is 1. The second-order valence-electron chi connectivity index (χ2n) is 5.82. The van der Waals surface area contributed by atoms with Gasteiger partial charge >= 0.3 is 0 Å². The molecule has 2 heterocycles. The number of amides is 1. The quantitative estimate of drug-likeness (QED) is 0.825. The fourth-order valence-corrected chi connectivity index (χ4v) is 3.80. The van der Waals surface area contributed by atoms with E-state index >= 15 is 0 Å². The van der Waals surface area contributed by atoms with Crippen molar-refractivity contribution in [1.29, 1.82) is 0 Å². The van der Waals surface area contributed by atoms with Gasteiger partial charge in [0.1, 0.15) is 10.6 Å². The van der Waals surface area contributed by atoms with Crippen LogP contribution in [0.25, 0.3) is 0 Å². The zero-order valence-electron chi connectivity index (χ0n) is 14.5. The van der Waals surface area contributed by atoms with Gasteiger partial charge in [0.2, 0.25) is 0 Å². The molecule has 1 fully saturated rings. The summed E-state index contributed by atoms with van der Waals surface area (Å²) in [5.41, 5.74) is 1.23. The topological polar surface area (TPSA) is 50.8 Å². The van der Waals surface area contributed by atoms with Crippen molar-refractivity contribution in [3.63, 3.8) is 0 Å². The van der Waals surface area contributed by atoms with Crippen LogP contribution < -0.4 is 15.0 Å². The van der Waals surface area contributed by atoms with Crippen LogP contribution in [0.15, 0.2) is 36.4 Å². The number of benzene rings is 1. The van der Waals surface area contributed by atoms with Crippen molar-refractivity contribution < 1.29 is 14.3 Å². The van der Waals surface area contributed by atoms with E-state index in [-0.39, 0.29) is 5.91 Å². The van der Waals surface area contributed by atoms with Gasteiger partial charge < -0.3 is 19.7 Å². The highest BCUT2D eigenvalue weighted by atomic mass is 32.1. The third-order valence-corrected chi connectivity index (χ3v) is 5.22. The maximum Gasteiger partial charge on any atom is 0.265 e. The Morgan fingerprint density at radius 1 is 1.28 bits per heavy atom. The smallest absolute Gasteiger partial charge is 0.265 e. The number of hydrogen-bond acceptors (Lipinski definition) is 5. The third kappa shape index (κ3) is 4.74. The Balaban J connectivity index is 1.70. The van der Waals surface area contributed by atoms with Gasteiger partial charge in [-0.1, -0.05) is 30.3 Å². The summed E-state index contributed by atoms with van der Waals surface area (Å²) in [6, 6.07) is 12.2. The van der Waals surface area contributed by atoms with Crippen LogP contribution in [0.3, 0.4) is 0 Å². The van der Waals surface area contributed by atoms with Crippen molar-refractivity contribution in [3.05, 3.63) is 46.8 Å². The fraction of sp³-hybridized carbons (Fsp3) is 0.421. The summed E-state index contributed by atoms with van der Waals surface area (Å²) in [5, 5.41) is 3.94. The molecule has 0 bridgehead atoms. The van der Waals surface area contributed by atoms with Gasteiger partial charge in [0.25, 0.3) is 5.91 Å². The molecule has 25 heavy (non-hydrogen) atoms. The Bertz CT molecular complexity index is 681. The predicted molar refractivity (Wildman–Crippen MR) is 101 cm³/mol. The van der Waals surface area contributed by atoms with Crippen molar-refractivity contribution in [2.24, 2.45) is 0 Å². The molecule has 3 rings (SSSR count). The molecule has 0 spiro atoms. The summed E-state index contributed by atoms with van der Waals surface area (Å²) < 4.78 is 11.4. The van der Waals surface area contributed by atoms with Gasteiger partial charge in [0.15, 0.2) is 0 Å². The van der Waals surface area contributed by atoms with Crippen molar-refractivity contribution in [3.8, 4) is 5.75 Å². The number of carbonyl (C=O) groups is 1. The SMILES string of the molecule is CCNC(=O)c1sc(N2CCOCC2)cc1OCCc1ccccc1. The molecular formula is C19H24N2O3S. The van der Waals surface area contributed by atoms with Crippen LogP contribution in [-0.4, -0.2) is 45.4 Å². The van der Waals surface area contributed by atoms with E-state index < -0.39 is 0 Å². The zero-order chi connectivity index (χ0) is 17.5. The number of carbonyl (C=O) groups excluding carboxylic acids is 1. The molecule has 1 N–H and O–H groups in total. The van der Waals surface area contributed by atoms with E-state index in [9.17, 15) is 4.79 Å². The molecule has 1 amide bonds. The highest BCUT2D eigenvalue weighted by molar-refractivity contribution is 7.18. The van der Waals surface area contributed by atoms with Crippen LogP contribution in [-0.2, 0) is 11.2 Å². The standard InChI is InChI=1S/C19H24N2O3S/c1-2-20-19(22)18-16(24-11-8-15-6-4-3-5-7-15)14-17(25-18)21-9-12-23-13-10-21/h3-7,14H,2,8-13H2,1H3,(H,20,22). The van der Waals surface area contributed by atoms with Crippen LogP contribution in [0.5, 0.6) is 5.75 Å². The first-order valence-corrected chi connectivity index (χ1v) is 9.51. The van der Waals surface area contributed by atoms with E-state index in [1.807, 2.05) is 31.2 Å². The molecule has 0 radical (unpaired) electrons. The van der Waals surface area contributed by atoms with E-state index in [0.29, 0.717) is 23.8 Å². The molecule has 2 aromatic rings. The second kappa shape index (κ2) is 8.87. The van der Waals surface area contributed by atoms with Crippen LogP contribution in [0.1, 0.15) is 22.2 Å². The first-order valence-electron chi connectivity index (χ1n) is 8.69. The van der Waals surface area contributed by atoms with Crippen molar-refractivity contribution in [1.82, 2.24) is 5.32 Å². The number of thiophene rings is 1. The summed E-state index contributed by atoms with van der Waals surface area (Å²) in [6.07, 6.45) is 0.818. The maximum absolute atomic E-state index is 12.4. The summed E-state index contributed by atoms with van der Waals surface area (Å²) in [6.45, 7) is 6.21. The summed E-state index contributed by atoms with van der Waals surface area (Å²) in [4.78, 5) is 15.3. The minimum absolute atomic E-state index is 0.0679. The Kier molecular flexibility index (Phi) is 6.30. The normalized spacial score (nSPS) is 14.4. The van der Waals surface area contributed by atoms with E-state index in [1.54, 1.807) is 0 Å². The van der Waals surface area contributed by atoms with E-state index in [2.05, 4.69) is 22.3 Å². The summed E-state index contributed by atoms with van der Waals surface area (Å²) in [5.74, 6) is 0.607. The van der Waals surface area contributed by atoms with E-state index in [1.165, 1.54) is 16.9 Å². The van der Waals surface area contributed by atoms with Crippen LogP contribution in [0.4, 0.5) is 5.00 Å². The highest BCUT2D eigenvalue weighted by Crippen LogP contribution is 2.36. The van der Waals surface area contributed by atoms with Gasteiger partial charge in [-0.15, -0.1) is 11.3 Å². The largest absolute Gasteiger partial charge is 0.491 e. The van der Waals surface area contributed by atoms with Crippen molar-refractivity contribution in [2.75, 3.05) is 44.4 Å². The van der Waals surface area contributed by atoms with Gasteiger partial charge in [-0.2, -0.15) is 0 Å². The lowest BCUT2D eigenvalue weighted by Gasteiger charge is -2.27. The van der Waals surface area contributed by atoms with Gasteiger partial charge in [-0.3, -0.25) is 4.79 Å². The van der Waals surface area contributed by atoms with Gasteiger partial charge in [0, 0.05) is 32.1 Å². The molecule has 1 aliphatic heterocycles. The van der Waals surface area contributed by atoms with Gasteiger partial charge in [-0.25, -0.2) is 0 Å². The molecule has 0 aliphatic carbocycles. The number of ether oxygens (including phenoxy) is 2. The number of anilines is 1. The molecule has 1 aliphatic rings. The fourth-order valence-electron chi connectivity index (χ4n) is 2.73. The first-order chi connectivity index (χ1) is 12.3. The molecule has 1 aromatic carbocycles. The average molecular weight is 360 g/mol. The monoisotopic (exact) mass is 360 g/mol. The molecule has 1 aromatic heterocycles. The maximum atomic E-state index is 12.4. The van der Waals surface area contributed by atoms with Crippen molar-refractivity contribution >= 4 is 22.2 Å². The summed E-state index contributed by atoms with van der Waals surface area (Å²) in [7, 11) is 0. The Morgan fingerprint density at radius 3 is 2.76 bits per heavy atom. The average Bonchev–Trinajstić information content (AvgIpc) is 3.08. The van der Waals surface area contributed by atoms with Gasteiger partial charge in [-0.05, 0) is 12.5 Å². The molecule has 0 atom stereocenters. The first kappa shape index (κ1) is 17.8. The molecule has 0 unspecified atom stereocenters. The lowest BCUT2D eigenvalue weighted by atomic mass is 10.2. The van der Waals surface area contributed by atoms with Gasteiger partial charge in [0.05, 0.1) is 24.8 Å². The molecule has 5 nitrogen and oxygen atoms in total. The zero-order valence-corrected chi connectivity index (χ0v) is 15.3. The third-order valence-electron chi connectivity index (χ3n) is 4.04. The summed E-state index contributed by atoms with van der Waals surface area (Å²) >= 11 is 1.49. The van der Waals surface area contributed by atoms with E-state index in [4.69, 9.17) is 9.47 Å². The predicted octanol–water partition coefficient (Wildman–Crippen LogP) is 2.96. The molecular weight excluding hydrogens is 336 g/mol. The van der Waals surface area contributed by atoms with Crippen molar-refractivity contribution in [2.45, 2.75) is 13.3 Å². The van der Waals surface area contributed by atoms with Crippen LogP contribution >= 0.6 is 11.3 Å². The number of nitrogens with zero attached hydrogens (tertiary/aromatic N) is 1. The number of hydrogen-bond donors (Lipinski definition) is 1. The van der Waals surface area contributed by atoms with Crippen LogP contribution in [0, 0.1) is 0 Å². The lowest BCUT2D eigenvalue weighted by molar-refractivity contribution is 0.0956. The van der Waals surface area contributed by atoms with E-state index in [0.717, 1.165) is 37.7 Å². The number of morpholine rings is 1. The Hall–Kier alpha value is -2.05. The Morgan fingerprint density at radius 2 is 2.04 bits per heavy atom.